The monoisotopic (exact) mass is 178 g/mol. The Labute approximate surface area is 75.2 Å². The molecule has 1 rings (SSSR count). The number of pyridine rings is 1. The standard InChI is InChI=1S/C9H9NO3/c1-5-3-7(4-6(2)10-5)8(11)9(12)13/h3-4H,1-2H3,(H,12,13)/p-1. The Balaban J connectivity index is 3.15. The Hall–Kier alpha value is -1.71. The van der Waals surface area contributed by atoms with Crippen LogP contribution in [-0.4, -0.2) is 16.7 Å². The highest BCUT2D eigenvalue weighted by Gasteiger charge is 2.07. The fraction of sp³-hybridized carbons (Fsp3) is 0.222. The van der Waals surface area contributed by atoms with Gasteiger partial charge in [0.15, 0.2) is 0 Å². The number of rotatable bonds is 2. The van der Waals surface area contributed by atoms with Gasteiger partial charge in [-0.05, 0) is 26.0 Å². The molecule has 0 bridgehead atoms. The summed E-state index contributed by atoms with van der Waals surface area (Å²) in [6.45, 7) is 3.39. The van der Waals surface area contributed by atoms with Crippen molar-refractivity contribution >= 4 is 11.8 Å². The number of hydrogen-bond donors (Lipinski definition) is 0. The van der Waals surface area contributed by atoms with E-state index in [2.05, 4.69) is 4.98 Å². The van der Waals surface area contributed by atoms with E-state index in [0.29, 0.717) is 11.4 Å². The topological polar surface area (TPSA) is 70.1 Å². The summed E-state index contributed by atoms with van der Waals surface area (Å²) < 4.78 is 0. The molecule has 0 amide bonds. The molecule has 4 nitrogen and oxygen atoms in total. The van der Waals surface area contributed by atoms with Crippen LogP contribution < -0.4 is 5.11 Å². The van der Waals surface area contributed by atoms with Crippen LogP contribution in [0.2, 0.25) is 0 Å². The van der Waals surface area contributed by atoms with Gasteiger partial charge < -0.3 is 9.90 Å². The Morgan fingerprint density at radius 1 is 1.23 bits per heavy atom. The van der Waals surface area contributed by atoms with E-state index in [1.54, 1.807) is 13.8 Å². The second-order valence-corrected chi connectivity index (χ2v) is 2.76. The summed E-state index contributed by atoms with van der Waals surface area (Å²) in [5.74, 6) is -2.70. The average Bonchev–Trinajstić information content (AvgIpc) is 2.01. The molecule has 0 aliphatic rings. The molecular formula is C9H8NO3-. The summed E-state index contributed by atoms with van der Waals surface area (Å²) >= 11 is 0. The van der Waals surface area contributed by atoms with Gasteiger partial charge in [0.05, 0.1) is 0 Å². The average molecular weight is 178 g/mol. The minimum atomic E-state index is -1.69. The third kappa shape index (κ3) is 2.11. The van der Waals surface area contributed by atoms with Gasteiger partial charge in [0.25, 0.3) is 0 Å². The van der Waals surface area contributed by atoms with Gasteiger partial charge in [-0.2, -0.15) is 0 Å². The Bertz CT molecular complexity index is 351. The van der Waals surface area contributed by atoms with Crippen LogP contribution in [0.25, 0.3) is 0 Å². The second kappa shape index (κ2) is 3.35. The molecule has 0 saturated heterocycles. The predicted octanol–water partition coefficient (Wildman–Crippen LogP) is -0.369. The fourth-order valence-corrected chi connectivity index (χ4v) is 1.08. The number of carbonyl (C=O) groups excluding carboxylic acids is 2. The van der Waals surface area contributed by atoms with E-state index in [-0.39, 0.29) is 5.56 Å². The van der Waals surface area contributed by atoms with Crippen LogP contribution in [0.15, 0.2) is 12.1 Å². The lowest BCUT2D eigenvalue weighted by Gasteiger charge is -2.03. The van der Waals surface area contributed by atoms with E-state index < -0.39 is 11.8 Å². The van der Waals surface area contributed by atoms with E-state index in [1.807, 2.05) is 0 Å². The van der Waals surface area contributed by atoms with E-state index in [9.17, 15) is 14.7 Å². The minimum Gasteiger partial charge on any atom is -0.541 e. The highest BCUT2D eigenvalue weighted by atomic mass is 16.4. The fourth-order valence-electron chi connectivity index (χ4n) is 1.08. The summed E-state index contributed by atoms with van der Waals surface area (Å²) in [6.07, 6.45) is 0. The molecule has 0 aliphatic heterocycles. The van der Waals surface area contributed by atoms with Crippen LogP contribution in [0.5, 0.6) is 0 Å². The summed E-state index contributed by atoms with van der Waals surface area (Å²) in [6, 6.07) is 2.84. The molecule has 0 atom stereocenters. The molecular weight excluding hydrogens is 170 g/mol. The van der Waals surface area contributed by atoms with Crippen molar-refractivity contribution in [3.8, 4) is 0 Å². The smallest absolute Gasteiger partial charge is 0.208 e. The summed E-state index contributed by atoms with van der Waals surface area (Å²) in [7, 11) is 0. The zero-order chi connectivity index (χ0) is 10.0. The van der Waals surface area contributed by atoms with Crippen LogP contribution in [-0.2, 0) is 4.79 Å². The van der Waals surface area contributed by atoms with Crippen molar-refractivity contribution in [2.24, 2.45) is 0 Å². The third-order valence-electron chi connectivity index (χ3n) is 1.53. The quantitative estimate of drug-likeness (QED) is 0.457. The van der Waals surface area contributed by atoms with Crippen LogP contribution in [0.3, 0.4) is 0 Å². The van der Waals surface area contributed by atoms with E-state index >= 15 is 0 Å². The first-order valence-electron chi connectivity index (χ1n) is 3.71. The van der Waals surface area contributed by atoms with Crippen LogP contribution >= 0.6 is 0 Å². The van der Waals surface area contributed by atoms with Crippen LogP contribution in [0.4, 0.5) is 0 Å². The number of aliphatic carboxylic acids is 1. The molecule has 0 fully saturated rings. The number of carbonyl (C=O) groups is 2. The molecule has 1 aromatic rings. The van der Waals surface area contributed by atoms with E-state index in [1.165, 1.54) is 12.1 Å². The number of aromatic nitrogens is 1. The SMILES string of the molecule is Cc1cc(C(=O)C(=O)[O-])cc(C)n1. The summed E-state index contributed by atoms with van der Waals surface area (Å²) in [4.78, 5) is 25.2. The number of carboxylic acids is 1. The molecule has 1 aromatic heterocycles. The normalized spacial score (nSPS) is 9.69. The summed E-state index contributed by atoms with van der Waals surface area (Å²) in [5.41, 5.74) is 1.35. The number of carboxylic acid groups (broad SMARTS) is 1. The zero-order valence-corrected chi connectivity index (χ0v) is 7.33. The highest BCUT2D eigenvalue weighted by Crippen LogP contribution is 2.05. The Morgan fingerprint density at radius 2 is 1.69 bits per heavy atom. The first kappa shape index (κ1) is 9.38. The number of nitrogens with zero attached hydrogens (tertiary/aromatic N) is 1. The van der Waals surface area contributed by atoms with Crippen LogP contribution in [0.1, 0.15) is 21.7 Å². The molecule has 1 heterocycles. The largest absolute Gasteiger partial charge is 0.541 e. The number of Topliss-reactive ketones (excluding diaryl/α,β-unsaturated/α-hetero) is 1. The molecule has 13 heavy (non-hydrogen) atoms. The van der Waals surface area contributed by atoms with Gasteiger partial charge in [0.1, 0.15) is 5.97 Å². The third-order valence-corrected chi connectivity index (χ3v) is 1.53. The molecule has 0 aromatic carbocycles. The van der Waals surface area contributed by atoms with Crippen molar-refractivity contribution in [1.29, 1.82) is 0 Å². The maximum atomic E-state index is 11.0. The first-order valence-corrected chi connectivity index (χ1v) is 3.71. The van der Waals surface area contributed by atoms with Crippen molar-refractivity contribution in [2.45, 2.75) is 13.8 Å². The predicted molar refractivity (Wildman–Crippen MR) is 43.0 cm³/mol. The number of ketones is 1. The van der Waals surface area contributed by atoms with Gasteiger partial charge in [-0.15, -0.1) is 0 Å². The number of hydrogen-bond acceptors (Lipinski definition) is 4. The van der Waals surface area contributed by atoms with Gasteiger partial charge in [-0.1, -0.05) is 0 Å². The highest BCUT2D eigenvalue weighted by molar-refractivity contribution is 6.38. The zero-order valence-electron chi connectivity index (χ0n) is 7.33. The molecule has 0 aliphatic carbocycles. The lowest BCUT2D eigenvalue weighted by Crippen LogP contribution is -2.31. The van der Waals surface area contributed by atoms with Gasteiger partial charge >= 0.3 is 0 Å². The molecule has 0 radical (unpaired) electrons. The van der Waals surface area contributed by atoms with E-state index in [4.69, 9.17) is 0 Å². The molecule has 0 N–H and O–H groups in total. The van der Waals surface area contributed by atoms with Gasteiger partial charge in [-0.3, -0.25) is 9.78 Å². The number of aryl methyl sites for hydroxylation is 2. The molecule has 0 unspecified atom stereocenters. The summed E-state index contributed by atoms with van der Waals surface area (Å²) in [5, 5.41) is 10.2. The first-order chi connectivity index (χ1) is 6.00. The van der Waals surface area contributed by atoms with Gasteiger partial charge in [-0.25, -0.2) is 0 Å². The molecule has 4 heteroatoms. The molecule has 68 valence electrons. The lowest BCUT2D eigenvalue weighted by atomic mass is 10.1. The van der Waals surface area contributed by atoms with Gasteiger partial charge in [0, 0.05) is 17.0 Å². The van der Waals surface area contributed by atoms with Crippen molar-refractivity contribution in [2.75, 3.05) is 0 Å². The molecule has 0 spiro atoms. The maximum Gasteiger partial charge on any atom is 0.208 e. The Kier molecular flexibility index (Phi) is 2.41. The second-order valence-electron chi connectivity index (χ2n) is 2.76. The van der Waals surface area contributed by atoms with Crippen LogP contribution in [0, 0.1) is 13.8 Å². The minimum absolute atomic E-state index is 0.116. The lowest BCUT2D eigenvalue weighted by molar-refractivity contribution is -0.296. The van der Waals surface area contributed by atoms with Crippen molar-refractivity contribution in [3.63, 3.8) is 0 Å². The van der Waals surface area contributed by atoms with E-state index in [0.717, 1.165) is 0 Å². The van der Waals surface area contributed by atoms with Crippen molar-refractivity contribution in [3.05, 3.63) is 29.1 Å². The van der Waals surface area contributed by atoms with Crippen molar-refractivity contribution in [1.82, 2.24) is 4.98 Å². The van der Waals surface area contributed by atoms with Crippen molar-refractivity contribution < 1.29 is 14.7 Å². The maximum absolute atomic E-state index is 11.0. The van der Waals surface area contributed by atoms with Gasteiger partial charge in [0.2, 0.25) is 5.78 Å². The Morgan fingerprint density at radius 3 is 2.08 bits per heavy atom. The molecule has 0 saturated carbocycles.